The molecule has 0 heterocycles. The van der Waals surface area contributed by atoms with Crippen molar-refractivity contribution >= 4 is 0 Å². The molecule has 2 aliphatic carbocycles. The molecular weight excluding hydrogens is 158 g/mol. The predicted molar refractivity (Wildman–Crippen MR) is 56.8 cm³/mol. The summed E-state index contributed by atoms with van der Waals surface area (Å²) in [6, 6.07) is 0. The topological polar surface area (TPSA) is 12.0 Å². The van der Waals surface area contributed by atoms with E-state index in [9.17, 15) is 0 Å². The van der Waals surface area contributed by atoms with Crippen molar-refractivity contribution in [1.82, 2.24) is 5.32 Å². The van der Waals surface area contributed by atoms with Crippen molar-refractivity contribution in [2.45, 2.75) is 51.9 Å². The SMILES string of the molecule is CCC1(CNCC2CCCC2)CC1. The van der Waals surface area contributed by atoms with Crippen molar-refractivity contribution in [3.8, 4) is 0 Å². The van der Waals surface area contributed by atoms with Gasteiger partial charge in [-0.2, -0.15) is 0 Å². The molecule has 0 unspecified atom stereocenters. The number of hydrogen-bond donors (Lipinski definition) is 1. The fraction of sp³-hybridized carbons (Fsp3) is 1.00. The fourth-order valence-corrected chi connectivity index (χ4v) is 2.59. The van der Waals surface area contributed by atoms with Crippen LogP contribution < -0.4 is 5.32 Å². The molecule has 0 saturated heterocycles. The Kier molecular flexibility index (Phi) is 2.92. The lowest BCUT2D eigenvalue weighted by Gasteiger charge is -2.15. The summed E-state index contributed by atoms with van der Waals surface area (Å²) < 4.78 is 0. The molecule has 0 radical (unpaired) electrons. The molecule has 0 amide bonds. The second kappa shape index (κ2) is 4.00. The third kappa shape index (κ3) is 2.46. The predicted octanol–water partition coefficient (Wildman–Crippen LogP) is 2.96. The van der Waals surface area contributed by atoms with Gasteiger partial charge in [0, 0.05) is 6.54 Å². The van der Waals surface area contributed by atoms with Crippen LogP contribution in [0.5, 0.6) is 0 Å². The Balaban J connectivity index is 1.58. The van der Waals surface area contributed by atoms with Crippen molar-refractivity contribution in [1.29, 1.82) is 0 Å². The maximum atomic E-state index is 3.68. The van der Waals surface area contributed by atoms with Gasteiger partial charge < -0.3 is 5.32 Å². The normalized spacial score (nSPS) is 26.5. The highest BCUT2D eigenvalue weighted by molar-refractivity contribution is 4.93. The Morgan fingerprint density at radius 1 is 1.23 bits per heavy atom. The molecule has 1 nitrogen and oxygen atoms in total. The van der Waals surface area contributed by atoms with Crippen molar-refractivity contribution < 1.29 is 0 Å². The van der Waals surface area contributed by atoms with Crippen LogP contribution in [0.25, 0.3) is 0 Å². The first-order valence-corrected chi connectivity index (χ1v) is 6.05. The molecule has 0 bridgehead atoms. The van der Waals surface area contributed by atoms with E-state index in [1.165, 1.54) is 58.0 Å². The Bertz CT molecular complexity index is 155. The Hall–Kier alpha value is -0.0400. The lowest BCUT2D eigenvalue weighted by molar-refractivity contribution is 0.406. The van der Waals surface area contributed by atoms with Crippen molar-refractivity contribution in [2.24, 2.45) is 11.3 Å². The summed E-state index contributed by atoms with van der Waals surface area (Å²) in [5, 5.41) is 3.68. The molecule has 2 saturated carbocycles. The first-order chi connectivity index (χ1) is 6.35. The highest BCUT2D eigenvalue weighted by Crippen LogP contribution is 2.47. The molecule has 0 aromatic carbocycles. The van der Waals surface area contributed by atoms with E-state index >= 15 is 0 Å². The lowest BCUT2D eigenvalue weighted by Crippen LogP contribution is -2.27. The molecule has 0 aliphatic heterocycles. The molecule has 0 aromatic rings. The van der Waals surface area contributed by atoms with Gasteiger partial charge in [0.1, 0.15) is 0 Å². The molecule has 1 heteroatoms. The standard InChI is InChI=1S/C12H23N/c1-2-12(7-8-12)10-13-9-11-5-3-4-6-11/h11,13H,2-10H2,1H3. The maximum absolute atomic E-state index is 3.68. The van der Waals surface area contributed by atoms with Crippen LogP contribution in [0.15, 0.2) is 0 Å². The van der Waals surface area contributed by atoms with Crippen LogP contribution in [0.3, 0.4) is 0 Å². The van der Waals surface area contributed by atoms with E-state index in [4.69, 9.17) is 0 Å². The monoisotopic (exact) mass is 181 g/mol. The maximum Gasteiger partial charge on any atom is 0.000783 e. The molecule has 2 rings (SSSR count). The summed E-state index contributed by atoms with van der Waals surface area (Å²) >= 11 is 0. The summed E-state index contributed by atoms with van der Waals surface area (Å²) in [5.74, 6) is 1.01. The minimum atomic E-state index is 0.735. The van der Waals surface area contributed by atoms with E-state index in [2.05, 4.69) is 12.2 Å². The lowest BCUT2D eigenvalue weighted by atomic mass is 10.0. The van der Waals surface area contributed by atoms with Crippen LogP contribution in [-0.4, -0.2) is 13.1 Å². The summed E-state index contributed by atoms with van der Waals surface area (Å²) in [7, 11) is 0. The van der Waals surface area contributed by atoms with Gasteiger partial charge in [-0.15, -0.1) is 0 Å². The van der Waals surface area contributed by atoms with Crippen LogP contribution in [-0.2, 0) is 0 Å². The smallest absolute Gasteiger partial charge is 0.000783 e. The fourth-order valence-electron chi connectivity index (χ4n) is 2.59. The minimum Gasteiger partial charge on any atom is -0.316 e. The summed E-state index contributed by atoms with van der Waals surface area (Å²) in [4.78, 5) is 0. The minimum absolute atomic E-state index is 0.735. The molecule has 1 N–H and O–H groups in total. The second-order valence-electron chi connectivity index (χ2n) is 5.13. The second-order valence-corrected chi connectivity index (χ2v) is 5.13. The largest absolute Gasteiger partial charge is 0.316 e. The molecule has 13 heavy (non-hydrogen) atoms. The van der Waals surface area contributed by atoms with Crippen LogP contribution in [0, 0.1) is 11.3 Å². The van der Waals surface area contributed by atoms with E-state index in [-0.39, 0.29) is 0 Å². The van der Waals surface area contributed by atoms with E-state index in [0.717, 1.165) is 11.3 Å². The third-order valence-corrected chi connectivity index (χ3v) is 4.11. The van der Waals surface area contributed by atoms with Gasteiger partial charge in [0.25, 0.3) is 0 Å². The number of nitrogens with one attached hydrogen (secondary N) is 1. The summed E-state index contributed by atoms with van der Waals surface area (Å²) in [6.07, 6.45) is 10.2. The Labute approximate surface area is 82.3 Å². The molecular formula is C12H23N. The molecule has 76 valence electrons. The molecule has 2 fully saturated rings. The highest BCUT2D eigenvalue weighted by Gasteiger charge is 2.39. The van der Waals surface area contributed by atoms with E-state index in [1.807, 2.05) is 0 Å². The average molecular weight is 181 g/mol. The molecule has 0 spiro atoms. The van der Waals surface area contributed by atoms with Crippen LogP contribution in [0.2, 0.25) is 0 Å². The van der Waals surface area contributed by atoms with E-state index in [1.54, 1.807) is 0 Å². The Morgan fingerprint density at radius 2 is 1.92 bits per heavy atom. The van der Waals surface area contributed by atoms with Gasteiger partial charge in [-0.05, 0) is 50.0 Å². The molecule has 2 aliphatic rings. The zero-order valence-electron chi connectivity index (χ0n) is 8.94. The first-order valence-electron chi connectivity index (χ1n) is 6.05. The zero-order valence-corrected chi connectivity index (χ0v) is 8.94. The van der Waals surface area contributed by atoms with Crippen molar-refractivity contribution in [3.05, 3.63) is 0 Å². The van der Waals surface area contributed by atoms with E-state index in [0.29, 0.717) is 0 Å². The number of rotatable bonds is 5. The quantitative estimate of drug-likeness (QED) is 0.687. The highest BCUT2D eigenvalue weighted by atomic mass is 14.9. The van der Waals surface area contributed by atoms with Gasteiger partial charge in [0.05, 0.1) is 0 Å². The molecule has 0 aromatic heterocycles. The van der Waals surface area contributed by atoms with Gasteiger partial charge in [-0.25, -0.2) is 0 Å². The summed E-state index contributed by atoms with van der Waals surface area (Å²) in [5.41, 5.74) is 0.735. The van der Waals surface area contributed by atoms with Gasteiger partial charge in [-0.3, -0.25) is 0 Å². The van der Waals surface area contributed by atoms with Gasteiger partial charge >= 0.3 is 0 Å². The summed E-state index contributed by atoms with van der Waals surface area (Å²) in [6.45, 7) is 4.92. The van der Waals surface area contributed by atoms with Crippen LogP contribution >= 0.6 is 0 Å². The van der Waals surface area contributed by atoms with Crippen molar-refractivity contribution in [2.75, 3.05) is 13.1 Å². The Morgan fingerprint density at radius 3 is 2.46 bits per heavy atom. The third-order valence-electron chi connectivity index (χ3n) is 4.11. The van der Waals surface area contributed by atoms with Crippen LogP contribution in [0.1, 0.15) is 51.9 Å². The van der Waals surface area contributed by atoms with Crippen molar-refractivity contribution in [3.63, 3.8) is 0 Å². The average Bonchev–Trinajstić information content (AvgIpc) is 2.74. The number of hydrogen-bond acceptors (Lipinski definition) is 1. The van der Waals surface area contributed by atoms with Crippen LogP contribution in [0.4, 0.5) is 0 Å². The first kappa shape index (κ1) is 9.51. The molecule has 0 atom stereocenters. The van der Waals surface area contributed by atoms with E-state index < -0.39 is 0 Å². The van der Waals surface area contributed by atoms with Gasteiger partial charge in [0.15, 0.2) is 0 Å². The van der Waals surface area contributed by atoms with Gasteiger partial charge in [0.2, 0.25) is 0 Å². The zero-order chi connectivity index (χ0) is 9.15. The van der Waals surface area contributed by atoms with Gasteiger partial charge in [-0.1, -0.05) is 19.8 Å².